The molecule has 0 aliphatic heterocycles. The van der Waals surface area contributed by atoms with Crippen LogP contribution in [-0.4, -0.2) is 32.8 Å². The SMILES string of the molecule is CCOCSc1cccc(CNCCOC)c1. The lowest BCUT2D eigenvalue weighted by atomic mass is 10.2. The number of methoxy groups -OCH3 is 1. The zero-order valence-corrected chi connectivity index (χ0v) is 11.4. The topological polar surface area (TPSA) is 30.5 Å². The Labute approximate surface area is 108 Å². The summed E-state index contributed by atoms with van der Waals surface area (Å²) in [5, 5.41) is 3.33. The first-order valence-corrected chi connectivity index (χ1v) is 6.84. The van der Waals surface area contributed by atoms with Crippen LogP contribution < -0.4 is 5.32 Å². The predicted molar refractivity (Wildman–Crippen MR) is 72.4 cm³/mol. The molecule has 96 valence electrons. The Morgan fingerprint density at radius 1 is 1.35 bits per heavy atom. The van der Waals surface area contributed by atoms with Crippen molar-refractivity contribution >= 4 is 11.8 Å². The molecular formula is C13H21NO2S. The first kappa shape index (κ1) is 14.5. The van der Waals surface area contributed by atoms with Gasteiger partial charge in [-0.3, -0.25) is 0 Å². The number of hydrogen-bond acceptors (Lipinski definition) is 4. The molecule has 1 rings (SSSR count). The van der Waals surface area contributed by atoms with Crippen LogP contribution in [0.15, 0.2) is 29.2 Å². The van der Waals surface area contributed by atoms with Gasteiger partial charge in [0.2, 0.25) is 0 Å². The summed E-state index contributed by atoms with van der Waals surface area (Å²) in [4.78, 5) is 1.25. The minimum atomic E-state index is 0.719. The Kier molecular flexibility index (Phi) is 8.09. The molecular weight excluding hydrogens is 234 g/mol. The van der Waals surface area contributed by atoms with Crippen LogP contribution in [0.2, 0.25) is 0 Å². The quantitative estimate of drug-likeness (QED) is 0.417. The second-order valence-corrected chi connectivity index (χ2v) is 4.57. The fourth-order valence-electron chi connectivity index (χ4n) is 1.35. The van der Waals surface area contributed by atoms with E-state index < -0.39 is 0 Å². The molecule has 0 saturated heterocycles. The second kappa shape index (κ2) is 9.48. The van der Waals surface area contributed by atoms with E-state index in [4.69, 9.17) is 9.47 Å². The number of hydrogen-bond donors (Lipinski definition) is 1. The molecule has 3 nitrogen and oxygen atoms in total. The largest absolute Gasteiger partial charge is 0.383 e. The van der Waals surface area contributed by atoms with Gasteiger partial charge in [0, 0.05) is 31.7 Å². The Balaban J connectivity index is 2.31. The molecule has 1 aromatic carbocycles. The van der Waals surface area contributed by atoms with Crippen LogP contribution in [-0.2, 0) is 16.0 Å². The van der Waals surface area contributed by atoms with E-state index in [1.807, 2.05) is 6.92 Å². The highest BCUT2D eigenvalue weighted by atomic mass is 32.2. The van der Waals surface area contributed by atoms with Crippen LogP contribution in [0.4, 0.5) is 0 Å². The molecule has 0 spiro atoms. The average Bonchev–Trinajstić information content (AvgIpc) is 2.36. The Morgan fingerprint density at radius 3 is 3.00 bits per heavy atom. The molecule has 0 amide bonds. The summed E-state index contributed by atoms with van der Waals surface area (Å²) in [6.07, 6.45) is 0. The van der Waals surface area contributed by atoms with Gasteiger partial charge in [-0.2, -0.15) is 0 Å². The second-order valence-electron chi connectivity index (χ2n) is 3.57. The molecule has 0 bridgehead atoms. The molecule has 0 radical (unpaired) electrons. The molecule has 0 aromatic heterocycles. The van der Waals surface area contributed by atoms with E-state index in [0.717, 1.165) is 32.2 Å². The van der Waals surface area contributed by atoms with Crippen molar-refractivity contribution in [2.45, 2.75) is 18.4 Å². The number of rotatable bonds is 9. The van der Waals surface area contributed by atoms with Gasteiger partial charge in [0.05, 0.1) is 12.5 Å². The molecule has 4 heteroatoms. The maximum absolute atomic E-state index is 5.32. The molecule has 1 aromatic rings. The third-order valence-corrected chi connectivity index (χ3v) is 3.10. The van der Waals surface area contributed by atoms with Crippen LogP contribution in [0.25, 0.3) is 0 Å². The van der Waals surface area contributed by atoms with Crippen molar-refractivity contribution in [1.29, 1.82) is 0 Å². The zero-order chi connectivity index (χ0) is 12.3. The molecule has 17 heavy (non-hydrogen) atoms. The van der Waals surface area contributed by atoms with Gasteiger partial charge < -0.3 is 14.8 Å². The fraction of sp³-hybridized carbons (Fsp3) is 0.538. The molecule has 0 heterocycles. The van der Waals surface area contributed by atoms with Gasteiger partial charge in [-0.25, -0.2) is 0 Å². The number of thioether (sulfide) groups is 1. The van der Waals surface area contributed by atoms with E-state index in [1.54, 1.807) is 18.9 Å². The summed E-state index contributed by atoms with van der Waals surface area (Å²) in [6.45, 7) is 5.29. The first-order valence-electron chi connectivity index (χ1n) is 5.86. The monoisotopic (exact) mass is 255 g/mol. The van der Waals surface area contributed by atoms with Gasteiger partial charge >= 0.3 is 0 Å². The van der Waals surface area contributed by atoms with E-state index in [1.165, 1.54) is 10.5 Å². The molecule has 1 N–H and O–H groups in total. The highest BCUT2D eigenvalue weighted by molar-refractivity contribution is 7.99. The van der Waals surface area contributed by atoms with Crippen molar-refractivity contribution in [3.05, 3.63) is 29.8 Å². The Bertz CT molecular complexity index is 307. The summed E-state index contributed by atoms with van der Waals surface area (Å²) >= 11 is 1.73. The van der Waals surface area contributed by atoms with E-state index >= 15 is 0 Å². The van der Waals surface area contributed by atoms with E-state index in [-0.39, 0.29) is 0 Å². The summed E-state index contributed by atoms with van der Waals surface area (Å²) in [7, 11) is 1.71. The van der Waals surface area contributed by atoms with Gasteiger partial charge in [0.1, 0.15) is 0 Å². The standard InChI is InChI=1S/C13H21NO2S/c1-3-16-11-17-13-6-4-5-12(9-13)10-14-7-8-15-2/h4-6,9,14H,3,7-8,10-11H2,1-2H3. The third kappa shape index (κ3) is 6.68. The van der Waals surface area contributed by atoms with E-state index in [2.05, 4.69) is 29.6 Å². The third-order valence-electron chi connectivity index (χ3n) is 2.22. The fourth-order valence-corrected chi connectivity index (χ4v) is 2.14. The average molecular weight is 255 g/mol. The number of nitrogens with one attached hydrogen (secondary N) is 1. The normalized spacial score (nSPS) is 10.7. The van der Waals surface area contributed by atoms with Crippen LogP contribution in [0.3, 0.4) is 0 Å². The van der Waals surface area contributed by atoms with Crippen molar-refractivity contribution in [2.24, 2.45) is 0 Å². The van der Waals surface area contributed by atoms with Crippen LogP contribution in [0.5, 0.6) is 0 Å². The number of benzene rings is 1. The summed E-state index contributed by atoms with van der Waals surface area (Å²) in [5.41, 5.74) is 1.29. The van der Waals surface area contributed by atoms with Crippen molar-refractivity contribution in [3.63, 3.8) is 0 Å². The maximum atomic E-state index is 5.32. The molecule has 0 aliphatic carbocycles. The highest BCUT2D eigenvalue weighted by Gasteiger charge is 1.97. The lowest BCUT2D eigenvalue weighted by Crippen LogP contribution is -2.18. The van der Waals surface area contributed by atoms with Gasteiger partial charge in [-0.05, 0) is 24.6 Å². The van der Waals surface area contributed by atoms with Gasteiger partial charge in [0.15, 0.2) is 0 Å². The van der Waals surface area contributed by atoms with E-state index in [0.29, 0.717) is 0 Å². The zero-order valence-electron chi connectivity index (χ0n) is 10.6. The molecule has 0 saturated carbocycles. The van der Waals surface area contributed by atoms with Crippen molar-refractivity contribution < 1.29 is 9.47 Å². The molecule has 0 unspecified atom stereocenters. The van der Waals surface area contributed by atoms with Crippen molar-refractivity contribution in [3.8, 4) is 0 Å². The smallest absolute Gasteiger partial charge is 0.0966 e. The summed E-state index contributed by atoms with van der Waals surface area (Å²) in [5.74, 6) is 0.719. The van der Waals surface area contributed by atoms with Crippen molar-refractivity contribution in [2.75, 3.05) is 32.8 Å². The van der Waals surface area contributed by atoms with Crippen molar-refractivity contribution in [1.82, 2.24) is 5.32 Å². The predicted octanol–water partition coefficient (Wildman–Crippen LogP) is 2.51. The lowest BCUT2D eigenvalue weighted by Gasteiger charge is -2.06. The Hall–Kier alpha value is -0.550. The van der Waals surface area contributed by atoms with Gasteiger partial charge in [-0.1, -0.05) is 23.9 Å². The summed E-state index contributed by atoms with van der Waals surface area (Å²) < 4.78 is 10.3. The lowest BCUT2D eigenvalue weighted by molar-refractivity contribution is 0.199. The highest BCUT2D eigenvalue weighted by Crippen LogP contribution is 2.19. The number of ether oxygens (including phenoxy) is 2. The molecule has 0 fully saturated rings. The van der Waals surface area contributed by atoms with Crippen LogP contribution in [0, 0.1) is 0 Å². The van der Waals surface area contributed by atoms with Gasteiger partial charge in [-0.15, -0.1) is 0 Å². The minimum Gasteiger partial charge on any atom is -0.383 e. The van der Waals surface area contributed by atoms with E-state index in [9.17, 15) is 0 Å². The van der Waals surface area contributed by atoms with Crippen LogP contribution >= 0.6 is 11.8 Å². The molecule has 0 atom stereocenters. The summed E-state index contributed by atoms with van der Waals surface area (Å²) in [6, 6.07) is 8.53. The first-order chi connectivity index (χ1) is 8.36. The Morgan fingerprint density at radius 2 is 2.24 bits per heavy atom. The van der Waals surface area contributed by atoms with Gasteiger partial charge in [0.25, 0.3) is 0 Å². The maximum Gasteiger partial charge on any atom is 0.0966 e. The molecule has 0 aliphatic rings. The minimum absolute atomic E-state index is 0.719. The van der Waals surface area contributed by atoms with Crippen LogP contribution in [0.1, 0.15) is 12.5 Å².